The molecule has 114 valence electrons. The van der Waals surface area contributed by atoms with Gasteiger partial charge in [0.2, 0.25) is 0 Å². The molecule has 0 atom stereocenters. The molecule has 0 saturated heterocycles. The molecular formula is C17H16O5. The van der Waals surface area contributed by atoms with E-state index in [1.165, 1.54) is 25.3 Å². The van der Waals surface area contributed by atoms with Crippen LogP contribution in [0.3, 0.4) is 0 Å². The summed E-state index contributed by atoms with van der Waals surface area (Å²) < 4.78 is 10.3. The topological polar surface area (TPSA) is 76.0 Å². The van der Waals surface area contributed by atoms with Crippen LogP contribution in [0.5, 0.6) is 23.0 Å². The first-order valence-electron chi connectivity index (χ1n) is 6.51. The van der Waals surface area contributed by atoms with Crippen LogP contribution in [-0.4, -0.2) is 30.2 Å². The second-order valence-corrected chi connectivity index (χ2v) is 4.51. The summed E-state index contributed by atoms with van der Waals surface area (Å²) in [4.78, 5) is 12.0. The van der Waals surface area contributed by atoms with Gasteiger partial charge in [-0.1, -0.05) is 12.1 Å². The maximum Gasteiger partial charge on any atom is 0.189 e. The molecule has 2 aromatic carbocycles. The molecule has 0 aromatic heterocycles. The lowest BCUT2D eigenvalue weighted by molar-refractivity contribution is 0.104. The Morgan fingerprint density at radius 1 is 1.00 bits per heavy atom. The normalized spacial score (nSPS) is 10.6. The van der Waals surface area contributed by atoms with Crippen LogP contribution < -0.4 is 9.47 Å². The highest BCUT2D eigenvalue weighted by molar-refractivity contribution is 6.08. The summed E-state index contributed by atoms with van der Waals surface area (Å²) in [6, 6.07) is 9.09. The Labute approximate surface area is 128 Å². The third-order valence-electron chi connectivity index (χ3n) is 3.08. The third kappa shape index (κ3) is 3.38. The van der Waals surface area contributed by atoms with Crippen molar-refractivity contribution in [3.8, 4) is 23.0 Å². The lowest BCUT2D eigenvalue weighted by Crippen LogP contribution is -1.94. The molecule has 0 aliphatic rings. The summed E-state index contributed by atoms with van der Waals surface area (Å²) in [5.41, 5.74) is 0.874. The van der Waals surface area contributed by atoms with Crippen LogP contribution in [0.25, 0.3) is 6.08 Å². The van der Waals surface area contributed by atoms with Crippen molar-refractivity contribution in [1.29, 1.82) is 0 Å². The number of hydrogen-bond donors (Lipinski definition) is 2. The fraction of sp³-hybridized carbons (Fsp3) is 0.118. The van der Waals surface area contributed by atoms with E-state index < -0.39 is 0 Å². The quantitative estimate of drug-likeness (QED) is 0.655. The van der Waals surface area contributed by atoms with Crippen molar-refractivity contribution in [1.82, 2.24) is 0 Å². The van der Waals surface area contributed by atoms with E-state index in [1.807, 2.05) is 0 Å². The van der Waals surface area contributed by atoms with Gasteiger partial charge in [0.25, 0.3) is 0 Å². The smallest absolute Gasteiger partial charge is 0.189 e. The second-order valence-electron chi connectivity index (χ2n) is 4.51. The van der Waals surface area contributed by atoms with Crippen LogP contribution in [-0.2, 0) is 0 Å². The average Bonchev–Trinajstić information content (AvgIpc) is 2.52. The first-order chi connectivity index (χ1) is 10.5. The van der Waals surface area contributed by atoms with E-state index in [-0.39, 0.29) is 22.8 Å². The van der Waals surface area contributed by atoms with Crippen molar-refractivity contribution in [2.45, 2.75) is 0 Å². The molecular weight excluding hydrogens is 284 g/mol. The average molecular weight is 300 g/mol. The molecule has 5 heteroatoms. The van der Waals surface area contributed by atoms with Crippen LogP contribution >= 0.6 is 0 Å². The van der Waals surface area contributed by atoms with Crippen molar-refractivity contribution in [2.75, 3.05) is 14.2 Å². The molecule has 0 saturated carbocycles. The summed E-state index contributed by atoms with van der Waals surface area (Å²) in [6.07, 6.45) is 2.95. The van der Waals surface area contributed by atoms with Gasteiger partial charge in [-0.3, -0.25) is 4.79 Å². The Balaban J connectivity index is 2.22. The zero-order valence-electron chi connectivity index (χ0n) is 12.2. The molecule has 2 N–H and O–H groups in total. The summed E-state index contributed by atoms with van der Waals surface area (Å²) in [5.74, 6) is 0.430. The van der Waals surface area contributed by atoms with E-state index in [4.69, 9.17) is 9.47 Å². The predicted octanol–water partition coefficient (Wildman–Crippen LogP) is 3.01. The van der Waals surface area contributed by atoms with Crippen LogP contribution in [0, 0.1) is 0 Å². The van der Waals surface area contributed by atoms with E-state index in [1.54, 1.807) is 31.4 Å². The molecule has 0 heterocycles. The van der Waals surface area contributed by atoms with E-state index in [0.717, 1.165) is 11.6 Å². The number of allylic oxidation sites excluding steroid dienone is 1. The minimum Gasteiger partial charge on any atom is -0.508 e. The number of benzene rings is 2. The van der Waals surface area contributed by atoms with Gasteiger partial charge in [0.1, 0.15) is 11.5 Å². The number of phenolic OH excluding ortho intramolecular Hbond substituents is 2. The van der Waals surface area contributed by atoms with Crippen LogP contribution in [0.2, 0.25) is 0 Å². The third-order valence-corrected chi connectivity index (χ3v) is 3.08. The number of ether oxygens (including phenoxy) is 2. The zero-order chi connectivity index (χ0) is 16.1. The van der Waals surface area contributed by atoms with Crippen molar-refractivity contribution >= 4 is 11.9 Å². The van der Waals surface area contributed by atoms with E-state index in [2.05, 4.69) is 0 Å². The maximum atomic E-state index is 12.0. The van der Waals surface area contributed by atoms with E-state index in [0.29, 0.717) is 11.5 Å². The zero-order valence-corrected chi connectivity index (χ0v) is 12.2. The minimum atomic E-state index is -0.368. The van der Waals surface area contributed by atoms with Crippen LogP contribution in [0.4, 0.5) is 0 Å². The van der Waals surface area contributed by atoms with E-state index in [9.17, 15) is 15.0 Å². The van der Waals surface area contributed by atoms with Gasteiger partial charge in [0.05, 0.1) is 19.8 Å². The fourth-order valence-corrected chi connectivity index (χ4v) is 1.95. The number of carbonyl (C=O) groups excluding carboxylic acids is 1. The molecule has 0 unspecified atom stereocenters. The lowest BCUT2D eigenvalue weighted by Gasteiger charge is -2.07. The Morgan fingerprint density at radius 3 is 2.36 bits per heavy atom. The van der Waals surface area contributed by atoms with Crippen molar-refractivity contribution < 1.29 is 24.5 Å². The standard InChI is InChI=1S/C17H16O5/c1-21-16-8-4-11(9-17(16)22-2)3-7-14(19)13-6-5-12(18)10-15(13)20/h3-10,18,20H,1-2H3/b7-3-. The molecule has 0 bridgehead atoms. The first kappa shape index (κ1) is 15.4. The molecule has 0 spiro atoms. The van der Waals surface area contributed by atoms with Crippen LogP contribution in [0.15, 0.2) is 42.5 Å². The van der Waals surface area contributed by atoms with Crippen LogP contribution in [0.1, 0.15) is 15.9 Å². The number of phenols is 2. The maximum absolute atomic E-state index is 12.0. The Hall–Kier alpha value is -2.95. The van der Waals surface area contributed by atoms with Crippen molar-refractivity contribution in [2.24, 2.45) is 0 Å². The number of ketones is 1. The number of rotatable bonds is 5. The van der Waals surface area contributed by atoms with Gasteiger partial charge in [-0.05, 0) is 35.9 Å². The first-order valence-corrected chi connectivity index (χ1v) is 6.51. The molecule has 0 amide bonds. The number of methoxy groups -OCH3 is 2. The Morgan fingerprint density at radius 2 is 1.73 bits per heavy atom. The molecule has 2 aromatic rings. The summed E-state index contributed by atoms with van der Waals surface area (Å²) in [5, 5.41) is 18.9. The Bertz CT molecular complexity index is 719. The van der Waals surface area contributed by atoms with Gasteiger partial charge in [0.15, 0.2) is 17.3 Å². The molecule has 0 aliphatic carbocycles. The Kier molecular flexibility index (Phi) is 4.68. The summed E-state index contributed by atoms with van der Waals surface area (Å²) in [6.45, 7) is 0. The van der Waals surface area contributed by atoms with Gasteiger partial charge in [0, 0.05) is 6.07 Å². The molecule has 5 nitrogen and oxygen atoms in total. The summed E-state index contributed by atoms with van der Waals surface area (Å²) in [7, 11) is 3.08. The largest absolute Gasteiger partial charge is 0.508 e. The SMILES string of the molecule is COc1ccc(/C=C\C(=O)c2ccc(O)cc2O)cc1OC. The monoisotopic (exact) mass is 300 g/mol. The lowest BCUT2D eigenvalue weighted by atomic mass is 10.1. The highest BCUT2D eigenvalue weighted by Gasteiger charge is 2.09. The molecule has 2 rings (SSSR count). The van der Waals surface area contributed by atoms with Gasteiger partial charge >= 0.3 is 0 Å². The van der Waals surface area contributed by atoms with E-state index >= 15 is 0 Å². The van der Waals surface area contributed by atoms with Gasteiger partial charge in [-0.2, -0.15) is 0 Å². The highest BCUT2D eigenvalue weighted by atomic mass is 16.5. The number of hydrogen-bond acceptors (Lipinski definition) is 5. The minimum absolute atomic E-state index is 0.0991. The van der Waals surface area contributed by atoms with Crippen molar-refractivity contribution in [3.05, 3.63) is 53.6 Å². The summed E-state index contributed by atoms with van der Waals surface area (Å²) >= 11 is 0. The van der Waals surface area contributed by atoms with Gasteiger partial charge < -0.3 is 19.7 Å². The van der Waals surface area contributed by atoms with Gasteiger partial charge in [-0.15, -0.1) is 0 Å². The second kappa shape index (κ2) is 6.67. The highest BCUT2D eigenvalue weighted by Crippen LogP contribution is 2.28. The van der Waals surface area contributed by atoms with Crippen molar-refractivity contribution in [3.63, 3.8) is 0 Å². The molecule has 0 fully saturated rings. The molecule has 22 heavy (non-hydrogen) atoms. The molecule has 0 radical (unpaired) electrons. The number of aromatic hydroxyl groups is 2. The number of carbonyl (C=O) groups is 1. The molecule has 0 aliphatic heterocycles. The predicted molar refractivity (Wildman–Crippen MR) is 82.7 cm³/mol. The fourth-order valence-electron chi connectivity index (χ4n) is 1.95. The van der Waals surface area contributed by atoms with Gasteiger partial charge in [-0.25, -0.2) is 0 Å².